The molecule has 0 radical (unpaired) electrons. The van der Waals surface area contributed by atoms with Crippen LogP contribution in [-0.2, 0) is 4.74 Å². The fourth-order valence-corrected chi connectivity index (χ4v) is 4.02. The number of aliphatic hydroxyl groups is 4. The third-order valence-electron chi connectivity index (χ3n) is 5.64. The zero-order chi connectivity index (χ0) is 21.1. The molecule has 1 aromatic carbocycles. The van der Waals surface area contributed by atoms with Crippen molar-refractivity contribution >= 4 is 0 Å². The highest BCUT2D eigenvalue weighted by Gasteiger charge is 2.46. The first-order valence-electron chi connectivity index (χ1n) is 9.67. The van der Waals surface area contributed by atoms with Crippen molar-refractivity contribution in [1.29, 1.82) is 5.26 Å². The molecule has 1 saturated heterocycles. The van der Waals surface area contributed by atoms with E-state index in [1.807, 2.05) is 32.0 Å². The summed E-state index contributed by atoms with van der Waals surface area (Å²) in [5.74, 6) is -0.237. The van der Waals surface area contributed by atoms with Gasteiger partial charge in [0.05, 0.1) is 18.3 Å². The first kappa shape index (κ1) is 21.4. The molecule has 1 fully saturated rings. The third kappa shape index (κ3) is 4.17. The molecule has 2 heterocycles. The van der Waals surface area contributed by atoms with E-state index in [0.717, 1.165) is 22.3 Å². The minimum atomic E-state index is -1.39. The number of hydrogen-bond acceptors (Lipinski definition) is 7. The average molecular weight is 398 g/mol. The Morgan fingerprint density at radius 2 is 1.86 bits per heavy atom. The summed E-state index contributed by atoms with van der Waals surface area (Å²) in [4.78, 5) is 4.10. The van der Waals surface area contributed by atoms with E-state index in [2.05, 4.69) is 11.1 Å². The maximum Gasteiger partial charge on any atom is 0.111 e. The Morgan fingerprint density at radius 3 is 2.48 bits per heavy atom. The monoisotopic (exact) mass is 398 g/mol. The fourth-order valence-electron chi connectivity index (χ4n) is 4.02. The molecule has 0 bridgehead atoms. The summed E-state index contributed by atoms with van der Waals surface area (Å²) >= 11 is 0. The van der Waals surface area contributed by atoms with Crippen LogP contribution < -0.4 is 0 Å². The standard InChI is InChI=1S/C22H26N2O5/c1-3-16(22-21(28)20(27)19(26)18(11-25)29-22)17-5-4-14(6-12(17)2)15-7-13(8-23)9-24-10-15/h4-7,9-10,16,18-22,25-28H,3,11H2,1-2H3/t16-,18-,19-,20+,21+,22-/m1/s1. The van der Waals surface area contributed by atoms with Gasteiger partial charge in [0.2, 0.25) is 0 Å². The van der Waals surface area contributed by atoms with E-state index in [9.17, 15) is 20.4 Å². The molecule has 154 valence electrons. The van der Waals surface area contributed by atoms with E-state index in [1.54, 1.807) is 12.3 Å². The van der Waals surface area contributed by atoms with Crippen molar-refractivity contribution in [2.75, 3.05) is 6.61 Å². The van der Waals surface area contributed by atoms with E-state index >= 15 is 0 Å². The summed E-state index contributed by atoms with van der Waals surface area (Å²) in [5.41, 5.74) is 4.15. The van der Waals surface area contributed by atoms with E-state index in [4.69, 9.17) is 10.00 Å². The number of nitriles is 1. The van der Waals surface area contributed by atoms with Crippen molar-refractivity contribution in [1.82, 2.24) is 4.98 Å². The van der Waals surface area contributed by atoms with Crippen molar-refractivity contribution in [2.24, 2.45) is 0 Å². The summed E-state index contributed by atoms with van der Waals surface area (Å²) in [6.07, 6.45) is -1.87. The zero-order valence-corrected chi connectivity index (χ0v) is 16.4. The van der Waals surface area contributed by atoms with E-state index in [-0.39, 0.29) is 5.92 Å². The molecule has 0 saturated carbocycles. The molecule has 29 heavy (non-hydrogen) atoms. The second kappa shape index (κ2) is 8.99. The van der Waals surface area contributed by atoms with Crippen molar-refractivity contribution in [3.05, 3.63) is 53.3 Å². The van der Waals surface area contributed by atoms with Gasteiger partial charge in [0, 0.05) is 23.9 Å². The van der Waals surface area contributed by atoms with Gasteiger partial charge in [-0.2, -0.15) is 5.26 Å². The molecule has 7 nitrogen and oxygen atoms in total. The summed E-state index contributed by atoms with van der Waals surface area (Å²) in [7, 11) is 0. The van der Waals surface area contributed by atoms with Crippen LogP contribution in [0.15, 0.2) is 36.7 Å². The van der Waals surface area contributed by atoms with Crippen LogP contribution in [0.3, 0.4) is 0 Å². The Kier molecular flexibility index (Phi) is 6.63. The molecule has 0 aliphatic carbocycles. The Morgan fingerprint density at radius 1 is 1.10 bits per heavy atom. The fraction of sp³-hybridized carbons (Fsp3) is 0.455. The van der Waals surface area contributed by atoms with E-state index in [1.165, 1.54) is 6.20 Å². The van der Waals surface area contributed by atoms with E-state index in [0.29, 0.717) is 12.0 Å². The normalized spacial score (nSPS) is 28.0. The van der Waals surface area contributed by atoms with Crippen LogP contribution >= 0.6 is 0 Å². The van der Waals surface area contributed by atoms with Gasteiger partial charge in [0.15, 0.2) is 0 Å². The molecule has 1 aliphatic heterocycles. The van der Waals surface area contributed by atoms with Crippen molar-refractivity contribution < 1.29 is 25.2 Å². The third-order valence-corrected chi connectivity index (χ3v) is 5.64. The van der Waals surface area contributed by atoms with Gasteiger partial charge in [0.1, 0.15) is 30.5 Å². The van der Waals surface area contributed by atoms with Crippen molar-refractivity contribution in [2.45, 2.75) is 56.7 Å². The van der Waals surface area contributed by atoms with Gasteiger partial charge in [-0.3, -0.25) is 4.98 Å². The van der Waals surface area contributed by atoms with Crippen molar-refractivity contribution in [3.8, 4) is 17.2 Å². The lowest BCUT2D eigenvalue weighted by Crippen LogP contribution is -2.59. The first-order chi connectivity index (χ1) is 13.9. The number of aliphatic hydroxyl groups excluding tert-OH is 4. The second-order valence-corrected chi connectivity index (χ2v) is 7.45. The van der Waals surface area contributed by atoms with Gasteiger partial charge in [-0.05, 0) is 36.1 Å². The smallest absolute Gasteiger partial charge is 0.111 e. The predicted octanol–water partition coefficient (Wildman–Crippen LogP) is 1.26. The number of hydrogen-bond donors (Lipinski definition) is 4. The van der Waals surface area contributed by atoms with Crippen LogP contribution in [0.4, 0.5) is 0 Å². The highest BCUT2D eigenvalue weighted by atomic mass is 16.5. The molecule has 7 heteroatoms. The molecule has 2 aromatic rings. The number of pyridine rings is 1. The number of rotatable bonds is 5. The quantitative estimate of drug-likeness (QED) is 0.597. The molecule has 0 spiro atoms. The predicted molar refractivity (Wildman–Crippen MR) is 106 cm³/mol. The minimum absolute atomic E-state index is 0.237. The molecular weight excluding hydrogens is 372 g/mol. The largest absolute Gasteiger partial charge is 0.394 e. The van der Waals surface area contributed by atoms with Gasteiger partial charge in [-0.15, -0.1) is 0 Å². The lowest BCUT2D eigenvalue weighted by Gasteiger charge is -2.43. The van der Waals surface area contributed by atoms with Crippen LogP contribution in [0, 0.1) is 18.3 Å². The van der Waals surface area contributed by atoms with Crippen LogP contribution in [0.5, 0.6) is 0 Å². The van der Waals surface area contributed by atoms with Gasteiger partial charge in [0.25, 0.3) is 0 Å². The number of nitrogens with zero attached hydrogens (tertiary/aromatic N) is 2. The van der Waals surface area contributed by atoms with Crippen LogP contribution in [0.25, 0.3) is 11.1 Å². The Bertz CT molecular complexity index is 895. The maximum absolute atomic E-state index is 10.5. The number of aryl methyl sites for hydroxylation is 1. The SMILES string of the molecule is CC[C@H](c1ccc(-c2cncc(C#N)c2)cc1C)[C@H]1O[C@H](CO)[C@@H](O)[C@H](O)[C@@H]1O. The summed E-state index contributed by atoms with van der Waals surface area (Å²) < 4.78 is 5.78. The molecule has 1 aliphatic rings. The second-order valence-electron chi connectivity index (χ2n) is 7.45. The van der Waals surface area contributed by atoms with Crippen LogP contribution in [-0.4, -0.2) is 62.5 Å². The molecule has 1 aromatic heterocycles. The highest BCUT2D eigenvalue weighted by Crippen LogP contribution is 2.36. The summed E-state index contributed by atoms with van der Waals surface area (Å²) in [6.45, 7) is 3.46. The van der Waals surface area contributed by atoms with Crippen molar-refractivity contribution in [3.63, 3.8) is 0 Å². The lowest BCUT2D eigenvalue weighted by molar-refractivity contribution is -0.234. The zero-order valence-electron chi connectivity index (χ0n) is 16.4. The lowest BCUT2D eigenvalue weighted by atomic mass is 9.80. The molecule has 0 amide bonds. The van der Waals surface area contributed by atoms with Gasteiger partial charge in [-0.25, -0.2) is 0 Å². The summed E-state index contributed by atoms with van der Waals surface area (Å²) in [6, 6.07) is 9.71. The average Bonchev–Trinajstić information content (AvgIpc) is 2.75. The molecular formula is C22H26N2O5. The first-order valence-corrected chi connectivity index (χ1v) is 9.67. The Balaban J connectivity index is 1.93. The van der Waals surface area contributed by atoms with Gasteiger partial charge in [-0.1, -0.05) is 25.1 Å². The van der Waals surface area contributed by atoms with Gasteiger partial charge >= 0.3 is 0 Å². The number of aromatic nitrogens is 1. The maximum atomic E-state index is 10.5. The number of ether oxygens (including phenoxy) is 1. The Labute approximate surface area is 169 Å². The molecule has 6 atom stereocenters. The highest BCUT2D eigenvalue weighted by molar-refractivity contribution is 5.65. The van der Waals surface area contributed by atoms with E-state index < -0.39 is 37.1 Å². The minimum Gasteiger partial charge on any atom is -0.394 e. The molecule has 0 unspecified atom stereocenters. The van der Waals surface area contributed by atoms with Crippen LogP contribution in [0.2, 0.25) is 0 Å². The topological polar surface area (TPSA) is 127 Å². The van der Waals surface area contributed by atoms with Crippen LogP contribution in [0.1, 0.15) is 36.0 Å². The summed E-state index contributed by atoms with van der Waals surface area (Å²) in [5, 5.41) is 49.2. The Hall–Kier alpha value is -2.34. The number of benzene rings is 1. The van der Waals surface area contributed by atoms with Gasteiger partial charge < -0.3 is 25.2 Å². The molecule has 4 N–H and O–H groups in total. The molecule has 3 rings (SSSR count).